The number of aliphatic hydroxyl groups is 1. The molecule has 7 rings (SSSR count). The Morgan fingerprint density at radius 1 is 0.891 bits per heavy atom. The molecule has 4 N–H and O–H groups in total. The average Bonchev–Trinajstić information content (AvgIpc) is 3.75. The van der Waals surface area contributed by atoms with Crippen LogP contribution in [0.2, 0.25) is 0 Å². The second-order valence-corrected chi connectivity index (χ2v) is 15.3. The zero-order chi connectivity index (χ0) is 39.3. The molecule has 1 unspecified atom stereocenters. The van der Waals surface area contributed by atoms with Gasteiger partial charge in [0.1, 0.15) is 42.4 Å². The van der Waals surface area contributed by atoms with Crippen LogP contribution in [0.15, 0.2) is 68.0 Å². The minimum Gasteiger partial charge on any atom is -0.394 e. The molecule has 22 heteroatoms. The first-order chi connectivity index (χ1) is 26.1. The van der Waals surface area contributed by atoms with E-state index in [1.807, 2.05) is 0 Å². The van der Waals surface area contributed by atoms with Crippen LogP contribution in [0, 0.1) is 5.82 Å². The molecule has 1 aromatic carbocycles. The molecule has 4 fully saturated rings. The number of phosphoric acid groups is 1. The molecule has 3 aromatic rings. The normalized spacial score (nSPS) is 31.0. The number of ether oxygens (including phenoxy) is 6. The number of piperidine rings is 1. The monoisotopic (exact) mass is 797 g/mol. The fourth-order valence-electron chi connectivity index (χ4n) is 7.37. The summed E-state index contributed by atoms with van der Waals surface area (Å²) in [6.07, 6.45) is -7.16. The van der Waals surface area contributed by atoms with Crippen LogP contribution in [0.25, 0.3) is 0 Å². The number of hydrogen-bond acceptors (Lipinski definition) is 15. The number of methoxy groups -OCH3 is 1. The van der Waals surface area contributed by atoms with Crippen LogP contribution < -0.4 is 27.4 Å². The van der Waals surface area contributed by atoms with Gasteiger partial charge in [-0.05, 0) is 26.0 Å². The summed E-state index contributed by atoms with van der Waals surface area (Å²) in [7, 11) is -3.75. The minimum absolute atomic E-state index is 0.158. The van der Waals surface area contributed by atoms with Gasteiger partial charge >= 0.3 is 19.2 Å². The first-order valence-electron chi connectivity index (χ1n) is 17.4. The maximum absolute atomic E-state index is 14.6. The summed E-state index contributed by atoms with van der Waals surface area (Å²) < 4.78 is 77.9. The van der Waals surface area contributed by atoms with Crippen LogP contribution in [0.1, 0.15) is 39.1 Å². The molecular formula is C33H41FN5O15P. The largest absolute Gasteiger partial charge is 0.472 e. The van der Waals surface area contributed by atoms with Crippen molar-refractivity contribution in [2.45, 2.75) is 87.3 Å². The van der Waals surface area contributed by atoms with Gasteiger partial charge in [0.25, 0.3) is 11.1 Å². The second-order valence-electron chi connectivity index (χ2n) is 13.9. The lowest BCUT2D eigenvalue weighted by Crippen LogP contribution is -2.52. The van der Waals surface area contributed by atoms with E-state index >= 15 is 0 Å². The molecule has 6 heterocycles. The van der Waals surface area contributed by atoms with E-state index in [0.717, 1.165) is 27.5 Å². The molecule has 4 saturated heterocycles. The number of phosphoric ester groups is 1. The molecule has 300 valence electrons. The number of aromatic amines is 2. The Labute approximate surface area is 310 Å². The number of benzene rings is 1. The fraction of sp³-hybridized carbons (Fsp3) is 0.576. The van der Waals surface area contributed by atoms with Crippen LogP contribution >= 0.6 is 7.82 Å². The molecular weight excluding hydrogens is 756 g/mol. The third kappa shape index (κ3) is 8.05. The van der Waals surface area contributed by atoms with E-state index in [0.29, 0.717) is 5.69 Å². The van der Waals surface area contributed by atoms with Crippen molar-refractivity contribution in [1.82, 2.24) is 19.1 Å². The van der Waals surface area contributed by atoms with Gasteiger partial charge < -0.3 is 43.3 Å². The summed E-state index contributed by atoms with van der Waals surface area (Å²) in [5.74, 6) is -2.97. The zero-order valence-electron chi connectivity index (χ0n) is 29.8. The van der Waals surface area contributed by atoms with E-state index in [-0.39, 0.29) is 25.9 Å². The summed E-state index contributed by atoms with van der Waals surface area (Å²) in [6.45, 7) is 2.40. The number of halogens is 1. The Balaban J connectivity index is 1.12. The molecule has 0 aliphatic carbocycles. The van der Waals surface area contributed by atoms with Gasteiger partial charge in [0.15, 0.2) is 24.0 Å². The van der Waals surface area contributed by atoms with Crippen molar-refractivity contribution >= 4 is 13.5 Å². The van der Waals surface area contributed by atoms with E-state index < -0.39 is 110 Å². The van der Waals surface area contributed by atoms with E-state index in [9.17, 15) is 38.1 Å². The van der Waals surface area contributed by atoms with Crippen molar-refractivity contribution in [3.05, 3.63) is 96.3 Å². The highest BCUT2D eigenvalue weighted by Gasteiger charge is 2.58. The molecule has 0 spiro atoms. The highest BCUT2D eigenvalue weighted by molar-refractivity contribution is 7.47. The van der Waals surface area contributed by atoms with Crippen molar-refractivity contribution in [2.24, 2.45) is 0 Å². The molecule has 9 atom stereocenters. The van der Waals surface area contributed by atoms with Crippen LogP contribution in [-0.4, -0.2) is 111 Å². The molecule has 55 heavy (non-hydrogen) atoms. The van der Waals surface area contributed by atoms with E-state index in [2.05, 4.69) is 9.97 Å². The van der Waals surface area contributed by atoms with Gasteiger partial charge in [-0.2, -0.15) is 0 Å². The highest BCUT2D eigenvalue weighted by atomic mass is 31.2. The first kappa shape index (κ1) is 39.4. The van der Waals surface area contributed by atoms with Gasteiger partial charge in [-0.1, -0.05) is 12.1 Å². The van der Waals surface area contributed by atoms with Gasteiger partial charge in [-0.25, -0.2) is 18.5 Å². The number of nitrogens with zero attached hydrogens (tertiary/aromatic N) is 3. The zero-order valence-corrected chi connectivity index (χ0v) is 30.7. The van der Waals surface area contributed by atoms with E-state index in [4.69, 9.17) is 37.5 Å². The maximum Gasteiger partial charge on any atom is 0.472 e. The number of fused-ring (bicyclic) bond motifs is 1. The Hall–Kier alpha value is -3.86. The predicted octanol–water partition coefficient (Wildman–Crippen LogP) is 0.0636. The maximum atomic E-state index is 14.6. The Morgan fingerprint density at radius 3 is 2.09 bits per heavy atom. The first-order valence-corrected chi connectivity index (χ1v) is 18.9. The number of aromatic nitrogens is 4. The van der Waals surface area contributed by atoms with Crippen LogP contribution in [0.4, 0.5) is 10.1 Å². The lowest BCUT2D eigenvalue weighted by molar-refractivity contribution is -0.275. The van der Waals surface area contributed by atoms with Crippen molar-refractivity contribution in [1.29, 1.82) is 0 Å². The lowest BCUT2D eigenvalue weighted by atomic mass is 10.0. The average molecular weight is 798 g/mol. The molecule has 4 aliphatic heterocycles. The van der Waals surface area contributed by atoms with Crippen LogP contribution in [0.5, 0.6) is 0 Å². The number of hydrogen-bond donors (Lipinski definition) is 4. The summed E-state index contributed by atoms with van der Waals surface area (Å²) in [5, 5.41) is 10.4. The van der Waals surface area contributed by atoms with E-state index in [1.165, 1.54) is 19.4 Å². The predicted molar refractivity (Wildman–Crippen MR) is 184 cm³/mol. The van der Waals surface area contributed by atoms with Crippen molar-refractivity contribution in [3.63, 3.8) is 0 Å². The number of rotatable bonds is 12. The fourth-order valence-corrected chi connectivity index (χ4v) is 8.33. The number of aliphatic hydroxyl groups excluding tert-OH is 1. The summed E-state index contributed by atoms with van der Waals surface area (Å²) >= 11 is 0. The van der Waals surface area contributed by atoms with Crippen LogP contribution in [-0.2, 0) is 42.0 Å². The van der Waals surface area contributed by atoms with Crippen molar-refractivity contribution < 1.29 is 56.4 Å². The molecule has 4 aliphatic rings. The lowest BCUT2D eigenvalue weighted by Gasteiger charge is -2.44. The molecule has 20 nitrogen and oxygen atoms in total. The number of nitrogens with one attached hydrogen (secondary N) is 2. The molecule has 0 amide bonds. The topological polar surface area (TPSA) is 244 Å². The van der Waals surface area contributed by atoms with Crippen LogP contribution in [0.3, 0.4) is 0 Å². The van der Waals surface area contributed by atoms with Gasteiger partial charge in [0.05, 0.1) is 18.9 Å². The molecule has 0 radical (unpaired) electrons. The molecule has 0 bridgehead atoms. The third-order valence-electron chi connectivity index (χ3n) is 9.94. The van der Waals surface area contributed by atoms with Gasteiger partial charge in [-0.15, -0.1) is 0 Å². The molecule has 0 saturated carbocycles. The molecule has 2 aromatic heterocycles. The summed E-state index contributed by atoms with van der Waals surface area (Å²) in [5.41, 5.74) is -2.64. The Kier molecular flexibility index (Phi) is 10.9. The van der Waals surface area contributed by atoms with Gasteiger partial charge in [0, 0.05) is 57.6 Å². The second kappa shape index (κ2) is 15.2. The van der Waals surface area contributed by atoms with E-state index in [1.54, 1.807) is 36.9 Å². The highest BCUT2D eigenvalue weighted by Crippen LogP contribution is 2.51. The SMILES string of the molecule is COC1(O[C@@H]2[C@H](OP(=O)(O)OC[C@H]3O[C@@H](n4ccc(=O)[nH]c4=O)[C@@H]4OC(C)(C)O[C@@H]43)[C@@H](CO)O[C@H]2n2ccc(=O)[nH]c2=O)CCN(c2ccccc2F)CC1. The van der Waals surface area contributed by atoms with Crippen molar-refractivity contribution in [3.8, 4) is 0 Å². The standard InChI is InChI=1S/C33H41FN5O15P/c1-32(2)51-24-21(50-28(26(24)52-32)38-12-8-22(41)35-30(38)43)17-48-55(45,46)54-25-20(16-40)49-29(39-13-9-23(42)36-31(39)44)27(25)53-33(47-3)10-14-37(15-11-33)19-7-5-4-6-18(19)34/h4-9,12-13,20-21,24-29,40H,10-11,14-17H2,1-3H3,(H,45,46)(H,35,41,43)(H,36,42,44)/t20-,21-,24-,25-,26-,27-,28-,29-/m1/s1. The van der Waals surface area contributed by atoms with Crippen molar-refractivity contribution in [2.75, 3.05) is 38.3 Å². The Bertz CT molecular complexity index is 2150. The van der Waals surface area contributed by atoms with Gasteiger partial charge in [-0.3, -0.25) is 37.7 Å². The Morgan fingerprint density at radius 2 is 1.49 bits per heavy atom. The third-order valence-corrected chi connectivity index (χ3v) is 10.9. The number of H-pyrrole nitrogens is 2. The van der Waals surface area contributed by atoms with Gasteiger partial charge in [0.2, 0.25) is 0 Å². The quantitative estimate of drug-likeness (QED) is 0.140. The smallest absolute Gasteiger partial charge is 0.394 e. The number of para-hydroxylation sites is 1. The summed E-state index contributed by atoms with van der Waals surface area (Å²) in [4.78, 5) is 66.4. The number of anilines is 1. The minimum atomic E-state index is -5.13. The summed E-state index contributed by atoms with van der Waals surface area (Å²) in [6, 6.07) is 8.45.